The lowest BCUT2D eigenvalue weighted by atomic mass is 9.97. The van der Waals surface area contributed by atoms with Crippen LogP contribution in [-0.2, 0) is 16.0 Å². The molecule has 2 amide bonds. The number of carbonyl (C=O) groups excluding carboxylic acids is 2. The zero-order valence-electron chi connectivity index (χ0n) is 12.1. The van der Waals surface area contributed by atoms with Gasteiger partial charge in [-0.05, 0) is 36.1 Å². The lowest BCUT2D eigenvalue weighted by Gasteiger charge is -2.33. The molecule has 118 valence electrons. The van der Waals surface area contributed by atoms with E-state index in [2.05, 4.69) is 5.32 Å². The van der Waals surface area contributed by atoms with Crippen LogP contribution in [0.5, 0.6) is 0 Å². The number of benzene rings is 1. The summed E-state index contributed by atoms with van der Waals surface area (Å²) >= 11 is 0. The van der Waals surface area contributed by atoms with Crippen molar-refractivity contribution in [2.24, 2.45) is 0 Å². The zero-order valence-corrected chi connectivity index (χ0v) is 12.1. The third kappa shape index (κ3) is 2.82. The topological polar surface area (TPSA) is 49.4 Å². The molecule has 1 heterocycles. The van der Waals surface area contributed by atoms with E-state index in [1.54, 1.807) is 11.0 Å². The molecule has 1 aliphatic heterocycles. The lowest BCUT2D eigenvalue weighted by molar-refractivity contribution is -0.138. The molecule has 22 heavy (non-hydrogen) atoms. The van der Waals surface area contributed by atoms with Gasteiger partial charge in [-0.3, -0.25) is 9.59 Å². The van der Waals surface area contributed by atoms with Gasteiger partial charge in [0, 0.05) is 31.6 Å². The molecule has 1 aliphatic carbocycles. The van der Waals surface area contributed by atoms with Gasteiger partial charge in [0.1, 0.15) is 0 Å². The summed E-state index contributed by atoms with van der Waals surface area (Å²) in [5.74, 6) is -2.93. The van der Waals surface area contributed by atoms with E-state index in [9.17, 15) is 18.4 Å². The van der Waals surface area contributed by atoms with Gasteiger partial charge in [-0.1, -0.05) is 6.07 Å². The summed E-state index contributed by atoms with van der Waals surface area (Å²) in [7, 11) is 0. The fraction of sp³-hybridized carbons (Fsp3) is 0.500. The minimum atomic E-state index is -2.64. The van der Waals surface area contributed by atoms with Crippen molar-refractivity contribution in [1.29, 1.82) is 0 Å². The van der Waals surface area contributed by atoms with E-state index in [0.29, 0.717) is 18.5 Å². The largest absolute Gasteiger partial charge is 0.342 e. The van der Waals surface area contributed by atoms with Crippen LogP contribution in [0.2, 0.25) is 0 Å². The van der Waals surface area contributed by atoms with Crippen molar-refractivity contribution in [3.63, 3.8) is 0 Å². The maximum absolute atomic E-state index is 13.2. The number of likely N-dealkylation sites (tertiary alicyclic amines) is 1. The van der Waals surface area contributed by atoms with Crippen LogP contribution in [0.4, 0.5) is 14.5 Å². The van der Waals surface area contributed by atoms with Gasteiger partial charge in [0.15, 0.2) is 0 Å². The summed E-state index contributed by atoms with van der Waals surface area (Å²) in [6, 6.07) is 5.50. The minimum Gasteiger partial charge on any atom is -0.342 e. The van der Waals surface area contributed by atoms with Gasteiger partial charge >= 0.3 is 0 Å². The van der Waals surface area contributed by atoms with Gasteiger partial charge < -0.3 is 10.2 Å². The SMILES string of the molecule is O=CNc1ccc2c(c1)CCC2C(=O)N1CCC(F)(F)CC1. The first kappa shape index (κ1) is 14.9. The van der Waals surface area contributed by atoms with Crippen LogP contribution >= 0.6 is 0 Å². The monoisotopic (exact) mass is 308 g/mol. The summed E-state index contributed by atoms with van der Waals surface area (Å²) in [6.07, 6.45) is 1.59. The number of carbonyl (C=O) groups is 2. The normalized spacial score (nSPS) is 23.0. The third-order valence-electron chi connectivity index (χ3n) is 4.55. The molecular formula is C16H18F2N2O2. The number of aryl methyl sites for hydroxylation is 1. The summed E-state index contributed by atoms with van der Waals surface area (Å²) in [4.78, 5) is 24.6. The molecule has 2 aliphatic rings. The van der Waals surface area contributed by atoms with E-state index in [4.69, 9.17) is 0 Å². The van der Waals surface area contributed by atoms with Gasteiger partial charge in [-0.25, -0.2) is 8.78 Å². The van der Waals surface area contributed by atoms with E-state index in [1.165, 1.54) is 0 Å². The molecule has 0 bridgehead atoms. The third-order valence-corrected chi connectivity index (χ3v) is 4.55. The number of anilines is 1. The zero-order chi connectivity index (χ0) is 15.7. The predicted octanol–water partition coefficient (Wildman–Crippen LogP) is 2.54. The molecule has 0 spiro atoms. The maximum Gasteiger partial charge on any atom is 0.251 e. The van der Waals surface area contributed by atoms with E-state index in [0.717, 1.165) is 17.5 Å². The van der Waals surface area contributed by atoms with E-state index in [-0.39, 0.29) is 37.8 Å². The summed E-state index contributed by atoms with van der Waals surface area (Å²) < 4.78 is 26.4. The molecular weight excluding hydrogens is 290 g/mol. The van der Waals surface area contributed by atoms with Crippen molar-refractivity contribution >= 4 is 18.0 Å². The predicted molar refractivity (Wildman–Crippen MR) is 78.0 cm³/mol. The van der Waals surface area contributed by atoms with Crippen LogP contribution < -0.4 is 5.32 Å². The Morgan fingerprint density at radius 2 is 2.05 bits per heavy atom. The van der Waals surface area contributed by atoms with E-state index in [1.807, 2.05) is 12.1 Å². The van der Waals surface area contributed by atoms with Crippen molar-refractivity contribution in [2.45, 2.75) is 37.5 Å². The summed E-state index contributed by atoms with van der Waals surface area (Å²) in [6.45, 7) is 0.255. The molecule has 1 atom stereocenters. The van der Waals surface area contributed by atoms with Gasteiger partial charge in [0.05, 0.1) is 5.92 Å². The first-order valence-corrected chi connectivity index (χ1v) is 7.50. The van der Waals surface area contributed by atoms with E-state index < -0.39 is 5.92 Å². The number of hydrogen-bond donors (Lipinski definition) is 1. The second kappa shape index (κ2) is 5.66. The van der Waals surface area contributed by atoms with Gasteiger partial charge in [0.25, 0.3) is 5.92 Å². The number of alkyl halides is 2. The molecule has 1 aromatic rings. The van der Waals surface area contributed by atoms with Crippen LogP contribution in [0.15, 0.2) is 18.2 Å². The minimum absolute atomic E-state index is 0.0506. The quantitative estimate of drug-likeness (QED) is 0.872. The van der Waals surface area contributed by atoms with Crippen molar-refractivity contribution in [3.05, 3.63) is 29.3 Å². The average molecular weight is 308 g/mol. The van der Waals surface area contributed by atoms with Crippen LogP contribution in [0.3, 0.4) is 0 Å². The second-order valence-electron chi connectivity index (χ2n) is 5.95. The highest BCUT2D eigenvalue weighted by Gasteiger charge is 2.38. The van der Waals surface area contributed by atoms with Crippen LogP contribution in [0, 0.1) is 0 Å². The molecule has 0 saturated carbocycles. The Balaban J connectivity index is 1.73. The highest BCUT2D eigenvalue weighted by atomic mass is 19.3. The maximum atomic E-state index is 13.2. The van der Waals surface area contributed by atoms with Crippen molar-refractivity contribution in [3.8, 4) is 0 Å². The fourth-order valence-electron chi connectivity index (χ4n) is 3.31. The Hall–Kier alpha value is -1.98. The molecule has 4 nitrogen and oxygen atoms in total. The number of piperidine rings is 1. The molecule has 1 N–H and O–H groups in total. The first-order valence-electron chi connectivity index (χ1n) is 7.50. The Kier molecular flexibility index (Phi) is 3.85. The molecule has 1 aromatic carbocycles. The van der Waals surface area contributed by atoms with Crippen molar-refractivity contribution in [2.75, 3.05) is 18.4 Å². The summed E-state index contributed by atoms with van der Waals surface area (Å²) in [5.41, 5.74) is 2.71. The average Bonchev–Trinajstić information content (AvgIpc) is 2.90. The number of amides is 2. The fourth-order valence-corrected chi connectivity index (χ4v) is 3.31. The highest BCUT2D eigenvalue weighted by Crippen LogP contribution is 2.37. The number of fused-ring (bicyclic) bond motifs is 1. The van der Waals surface area contributed by atoms with Gasteiger partial charge in [-0.2, -0.15) is 0 Å². The standard InChI is InChI=1S/C16H18F2N2O2/c17-16(18)5-7-20(8-6-16)15(22)14-3-1-11-9-12(19-10-21)2-4-13(11)14/h2,4,9-10,14H,1,3,5-8H2,(H,19,21). The molecule has 1 saturated heterocycles. The van der Waals surface area contributed by atoms with Gasteiger partial charge in [-0.15, -0.1) is 0 Å². The smallest absolute Gasteiger partial charge is 0.251 e. The summed E-state index contributed by atoms with van der Waals surface area (Å²) in [5, 5.41) is 2.59. The number of hydrogen-bond acceptors (Lipinski definition) is 2. The molecule has 0 aromatic heterocycles. The first-order chi connectivity index (χ1) is 10.5. The molecule has 1 fully saturated rings. The van der Waals surface area contributed by atoms with Crippen LogP contribution in [0.25, 0.3) is 0 Å². The lowest BCUT2D eigenvalue weighted by Crippen LogP contribution is -2.44. The van der Waals surface area contributed by atoms with Gasteiger partial charge in [0.2, 0.25) is 12.3 Å². The number of rotatable bonds is 3. The van der Waals surface area contributed by atoms with Crippen LogP contribution in [0.1, 0.15) is 36.3 Å². The number of nitrogens with zero attached hydrogens (tertiary/aromatic N) is 1. The highest BCUT2D eigenvalue weighted by molar-refractivity contribution is 5.85. The van der Waals surface area contributed by atoms with E-state index >= 15 is 0 Å². The molecule has 0 radical (unpaired) electrons. The Morgan fingerprint density at radius 3 is 2.73 bits per heavy atom. The number of halogens is 2. The Morgan fingerprint density at radius 1 is 1.32 bits per heavy atom. The number of nitrogens with one attached hydrogen (secondary N) is 1. The second-order valence-corrected chi connectivity index (χ2v) is 5.95. The van der Waals surface area contributed by atoms with Crippen molar-refractivity contribution < 1.29 is 18.4 Å². The Bertz CT molecular complexity index is 594. The molecule has 6 heteroatoms. The van der Waals surface area contributed by atoms with Crippen molar-refractivity contribution in [1.82, 2.24) is 4.90 Å². The molecule has 3 rings (SSSR count). The Labute approximate surface area is 127 Å². The van der Waals surface area contributed by atoms with Crippen LogP contribution in [-0.4, -0.2) is 36.2 Å². The molecule has 1 unspecified atom stereocenters.